The van der Waals surface area contributed by atoms with Crippen LogP contribution in [-0.2, 0) is 23.6 Å². The molecule has 336 valence electrons. The highest BCUT2D eigenvalue weighted by molar-refractivity contribution is 6.16. The van der Waals surface area contributed by atoms with E-state index in [9.17, 15) is 19.8 Å². The summed E-state index contributed by atoms with van der Waals surface area (Å²) in [7, 11) is 0. The lowest BCUT2D eigenvalue weighted by Gasteiger charge is -2.42. The molecule has 2 fully saturated rings. The SMILES string of the molecule is Cc1cncc2nc[nH]c(=O)c12.Cc1cncc2ncn(Cc3nc(C4CC(O)(c5ccc6ccccc6c5)C4)no3)c(=O)c12.OC1(c2ccc3ccccc3c2)CC(c2noc(CCl)n2)C1. The molecular weight excluding hydrogens is 872 g/mol. The molecule has 17 heteroatoms. The fraction of sp³-hybridized carbons (Fsp3) is 0.240. The lowest BCUT2D eigenvalue weighted by atomic mass is 9.67. The summed E-state index contributed by atoms with van der Waals surface area (Å²) in [5.74, 6) is 2.29. The van der Waals surface area contributed by atoms with Crippen LogP contribution < -0.4 is 11.1 Å². The van der Waals surface area contributed by atoms with Gasteiger partial charge in [-0.1, -0.05) is 83.1 Å². The highest BCUT2D eigenvalue weighted by atomic mass is 35.5. The Balaban J connectivity index is 0.000000132. The number of H-pyrrole nitrogens is 1. The van der Waals surface area contributed by atoms with Gasteiger partial charge in [0.1, 0.15) is 12.4 Å². The van der Waals surface area contributed by atoms with Crippen LogP contribution in [0.25, 0.3) is 43.4 Å². The first-order chi connectivity index (χ1) is 32.5. The van der Waals surface area contributed by atoms with E-state index < -0.39 is 11.2 Å². The molecule has 2 aliphatic rings. The normalized spacial score (nSPS) is 19.8. The fourth-order valence-electron chi connectivity index (χ4n) is 8.98. The van der Waals surface area contributed by atoms with E-state index in [4.69, 9.17) is 20.6 Å². The molecule has 67 heavy (non-hydrogen) atoms. The molecule has 6 heterocycles. The zero-order valence-electron chi connectivity index (χ0n) is 36.4. The number of rotatable bonds is 7. The molecule has 0 saturated heterocycles. The van der Waals surface area contributed by atoms with E-state index in [1.54, 1.807) is 24.8 Å². The van der Waals surface area contributed by atoms with Crippen LogP contribution in [0.4, 0.5) is 0 Å². The number of aromatic amines is 1. The maximum absolute atomic E-state index is 12.9. The number of fused-ring (bicyclic) bond motifs is 4. The third-order valence-electron chi connectivity index (χ3n) is 12.7. The van der Waals surface area contributed by atoms with Crippen molar-refractivity contribution in [2.24, 2.45) is 0 Å². The summed E-state index contributed by atoms with van der Waals surface area (Å²) in [5.41, 5.74) is 2.67. The number of hydrogen-bond acceptors (Lipinski definition) is 14. The van der Waals surface area contributed by atoms with Crippen LogP contribution in [0.2, 0.25) is 0 Å². The molecule has 10 aromatic rings. The van der Waals surface area contributed by atoms with Crippen molar-refractivity contribution in [1.82, 2.24) is 49.8 Å². The summed E-state index contributed by atoms with van der Waals surface area (Å²) in [6.07, 6.45) is 11.6. The zero-order chi connectivity index (χ0) is 46.3. The largest absolute Gasteiger partial charge is 0.385 e. The summed E-state index contributed by atoms with van der Waals surface area (Å²) in [6, 6.07) is 28.4. The van der Waals surface area contributed by atoms with Crippen LogP contribution in [0.15, 0.2) is 141 Å². The maximum Gasteiger partial charge on any atom is 0.262 e. The third kappa shape index (κ3) is 8.57. The van der Waals surface area contributed by atoms with Crippen LogP contribution >= 0.6 is 11.6 Å². The molecule has 0 bridgehead atoms. The second-order valence-electron chi connectivity index (χ2n) is 17.2. The van der Waals surface area contributed by atoms with E-state index in [0.717, 1.165) is 38.4 Å². The summed E-state index contributed by atoms with van der Waals surface area (Å²) in [4.78, 5) is 51.7. The third-order valence-corrected chi connectivity index (χ3v) is 12.9. The van der Waals surface area contributed by atoms with Crippen molar-refractivity contribution in [2.75, 3.05) is 0 Å². The van der Waals surface area contributed by atoms with Gasteiger partial charge < -0.3 is 24.2 Å². The molecular formula is C50H43ClN10O6. The molecule has 0 radical (unpaired) electrons. The summed E-state index contributed by atoms with van der Waals surface area (Å²) in [5, 5.41) is 35.7. The Bertz CT molecular complexity index is 3550. The number of alkyl halides is 1. The molecule has 4 aromatic carbocycles. The molecule has 2 aliphatic carbocycles. The minimum Gasteiger partial charge on any atom is -0.385 e. The Labute approximate surface area is 386 Å². The monoisotopic (exact) mass is 914 g/mol. The zero-order valence-corrected chi connectivity index (χ0v) is 37.1. The molecule has 0 aliphatic heterocycles. The van der Waals surface area contributed by atoms with Gasteiger partial charge in [-0.2, -0.15) is 9.97 Å². The number of aromatic nitrogens is 10. The van der Waals surface area contributed by atoms with Crippen molar-refractivity contribution < 1.29 is 19.3 Å². The number of hydrogen-bond donors (Lipinski definition) is 3. The van der Waals surface area contributed by atoms with Crippen molar-refractivity contribution in [3.05, 3.63) is 189 Å². The van der Waals surface area contributed by atoms with E-state index in [2.05, 4.69) is 75.5 Å². The molecule has 0 spiro atoms. The summed E-state index contributed by atoms with van der Waals surface area (Å²) in [6.45, 7) is 3.81. The lowest BCUT2D eigenvalue weighted by molar-refractivity contribution is -0.0575. The van der Waals surface area contributed by atoms with E-state index in [1.807, 2.05) is 68.4 Å². The van der Waals surface area contributed by atoms with Gasteiger partial charge in [0.05, 0.1) is 58.1 Å². The van der Waals surface area contributed by atoms with Gasteiger partial charge in [0.2, 0.25) is 11.8 Å². The lowest BCUT2D eigenvalue weighted by Crippen LogP contribution is -2.40. The molecule has 0 amide bonds. The fourth-order valence-corrected chi connectivity index (χ4v) is 9.09. The molecule has 0 atom stereocenters. The number of nitrogens with zero attached hydrogens (tertiary/aromatic N) is 9. The smallest absolute Gasteiger partial charge is 0.262 e. The number of nitrogens with one attached hydrogen (secondary N) is 1. The van der Waals surface area contributed by atoms with Gasteiger partial charge in [-0.3, -0.25) is 24.1 Å². The van der Waals surface area contributed by atoms with E-state index in [0.29, 0.717) is 70.9 Å². The second kappa shape index (κ2) is 17.7. The topological polar surface area (TPSA) is 225 Å². The van der Waals surface area contributed by atoms with Crippen molar-refractivity contribution in [3.63, 3.8) is 0 Å². The molecule has 0 unspecified atom stereocenters. The maximum atomic E-state index is 12.9. The second-order valence-corrected chi connectivity index (χ2v) is 17.5. The highest BCUT2D eigenvalue weighted by Gasteiger charge is 2.47. The van der Waals surface area contributed by atoms with E-state index in [1.165, 1.54) is 22.6 Å². The molecule has 2 saturated carbocycles. The molecule has 3 N–H and O–H groups in total. The Morgan fingerprint density at radius 3 is 1.72 bits per heavy atom. The van der Waals surface area contributed by atoms with Gasteiger partial charge in [-0.15, -0.1) is 11.6 Å². The van der Waals surface area contributed by atoms with Crippen LogP contribution in [0.3, 0.4) is 0 Å². The Hall–Kier alpha value is -7.53. The van der Waals surface area contributed by atoms with Gasteiger partial charge in [0, 0.05) is 24.2 Å². The van der Waals surface area contributed by atoms with Gasteiger partial charge >= 0.3 is 0 Å². The molecule has 6 aromatic heterocycles. The van der Waals surface area contributed by atoms with Gasteiger partial charge in [0.15, 0.2) is 11.6 Å². The Morgan fingerprint density at radius 1 is 0.672 bits per heavy atom. The van der Waals surface area contributed by atoms with Crippen molar-refractivity contribution in [3.8, 4) is 0 Å². The predicted octanol–water partition coefficient (Wildman–Crippen LogP) is 7.80. The summed E-state index contributed by atoms with van der Waals surface area (Å²) >= 11 is 5.67. The summed E-state index contributed by atoms with van der Waals surface area (Å²) < 4.78 is 11.9. The average Bonchev–Trinajstić information content (AvgIpc) is 4.01. The van der Waals surface area contributed by atoms with Crippen LogP contribution in [-0.4, -0.2) is 60.0 Å². The number of halogens is 1. The van der Waals surface area contributed by atoms with Crippen molar-refractivity contribution in [2.45, 2.75) is 75.0 Å². The first-order valence-corrected chi connectivity index (χ1v) is 22.2. The predicted molar refractivity (Wildman–Crippen MR) is 250 cm³/mol. The molecule has 12 rings (SSSR count). The van der Waals surface area contributed by atoms with E-state index >= 15 is 0 Å². The molecule has 16 nitrogen and oxygen atoms in total. The first kappa shape index (κ1) is 43.4. The Morgan fingerprint density at radius 2 is 1.18 bits per heavy atom. The number of aliphatic hydroxyl groups is 2. The Kier molecular flexibility index (Phi) is 11.5. The number of benzene rings is 4. The van der Waals surface area contributed by atoms with Crippen LogP contribution in [0.5, 0.6) is 0 Å². The minimum atomic E-state index is -0.903. The number of pyridine rings is 2. The average molecular weight is 915 g/mol. The van der Waals surface area contributed by atoms with Crippen LogP contribution in [0, 0.1) is 13.8 Å². The quantitative estimate of drug-likeness (QED) is 0.130. The van der Waals surface area contributed by atoms with Gasteiger partial charge in [-0.05, 0) is 95.5 Å². The van der Waals surface area contributed by atoms with E-state index in [-0.39, 0.29) is 35.4 Å². The van der Waals surface area contributed by atoms with Crippen molar-refractivity contribution >= 4 is 55.0 Å². The number of aryl methyl sites for hydroxylation is 2. The van der Waals surface area contributed by atoms with Crippen molar-refractivity contribution in [1.29, 1.82) is 0 Å². The standard InChI is InChI=1S/C25H21N5O3.C17H15ClN2O2.C8H7N3O/c1-15-11-26-12-20-22(15)24(31)30(14-27-20)13-21-28-23(29-33-21)18-9-25(32,10-18)19-7-6-16-4-2-3-5-17(16)8-19;18-10-15-19-16(20-22-15)13-8-17(21,9-13)14-6-5-11-3-1-2-4-12(11)7-14;1-5-2-9-3-6-7(5)8(12)11-4-10-6/h2-8,11-12,14,18,32H,9-10,13H2,1H3;1-7,13,21H,8-10H2;2-4H,1H3,(H,10,11,12). The van der Waals surface area contributed by atoms with Gasteiger partial charge in [0.25, 0.3) is 11.1 Å². The van der Waals surface area contributed by atoms with Gasteiger partial charge in [-0.25, -0.2) is 9.97 Å². The first-order valence-electron chi connectivity index (χ1n) is 21.7. The van der Waals surface area contributed by atoms with Crippen LogP contribution in [0.1, 0.15) is 83.2 Å². The highest BCUT2D eigenvalue weighted by Crippen LogP contribution is 2.51. The minimum absolute atomic E-state index is 0.00117.